The van der Waals surface area contributed by atoms with Crippen LogP contribution >= 0.6 is 0 Å². The van der Waals surface area contributed by atoms with E-state index >= 15 is 0 Å². The molecule has 1 aliphatic rings. The fourth-order valence-corrected chi connectivity index (χ4v) is 4.00. The first kappa shape index (κ1) is 20.6. The average Bonchev–Trinajstić information content (AvgIpc) is 2.67. The highest BCUT2D eigenvalue weighted by Crippen LogP contribution is 2.36. The van der Waals surface area contributed by atoms with Crippen molar-refractivity contribution in [1.29, 1.82) is 0 Å². The fraction of sp³-hybridized carbons (Fsp3) is 0.500. The molecule has 2 heterocycles. The van der Waals surface area contributed by atoms with Gasteiger partial charge >= 0.3 is 0 Å². The van der Waals surface area contributed by atoms with Crippen molar-refractivity contribution >= 4 is 0 Å². The third-order valence-corrected chi connectivity index (χ3v) is 5.70. The number of ether oxygens (including phenoxy) is 1. The van der Waals surface area contributed by atoms with E-state index < -0.39 is 6.04 Å². The number of aromatic hydroxyl groups is 1. The van der Waals surface area contributed by atoms with Crippen LogP contribution in [0, 0.1) is 18.7 Å². The zero-order valence-corrected chi connectivity index (χ0v) is 16.8. The lowest BCUT2D eigenvalue weighted by Gasteiger charge is -2.37. The number of methoxy groups -OCH3 is 1. The monoisotopic (exact) mass is 388 g/mol. The highest BCUT2D eigenvalue weighted by molar-refractivity contribution is 5.41. The molecule has 28 heavy (non-hydrogen) atoms. The lowest BCUT2D eigenvalue weighted by Crippen LogP contribution is -2.40. The zero-order valence-electron chi connectivity index (χ0n) is 16.8. The molecule has 0 saturated carbocycles. The van der Waals surface area contributed by atoms with E-state index in [0.29, 0.717) is 30.3 Å². The number of benzene rings is 1. The highest BCUT2D eigenvalue weighted by Gasteiger charge is 2.32. The Morgan fingerprint density at radius 3 is 2.61 bits per heavy atom. The van der Waals surface area contributed by atoms with E-state index in [-0.39, 0.29) is 22.7 Å². The van der Waals surface area contributed by atoms with Crippen molar-refractivity contribution in [1.82, 2.24) is 9.47 Å². The van der Waals surface area contributed by atoms with Crippen LogP contribution in [0.2, 0.25) is 0 Å². The molecule has 2 aromatic rings. The second-order valence-electron chi connectivity index (χ2n) is 7.68. The summed E-state index contributed by atoms with van der Waals surface area (Å²) in [5.41, 5.74) is 1.03. The SMILES string of the molecule is COCCn1c(C)cc(O)c([C@@H](c2ccccc2F)N2CCC(C)CC2)c1=O. The standard InChI is InChI=1S/C22H29FN2O3/c1-15-8-10-24(11-9-15)21(17-6-4-5-7-18(17)23)20-19(26)14-16(2)25(22(20)27)12-13-28-3/h4-7,14-15,21,26H,8-13H2,1-3H3/t21-/m1/s1. The summed E-state index contributed by atoms with van der Waals surface area (Å²) in [7, 11) is 1.58. The molecule has 0 bridgehead atoms. The van der Waals surface area contributed by atoms with Gasteiger partial charge in [-0.05, 0) is 50.9 Å². The predicted molar refractivity (Wildman–Crippen MR) is 107 cm³/mol. The van der Waals surface area contributed by atoms with Crippen molar-refractivity contribution in [3.8, 4) is 5.75 Å². The maximum atomic E-state index is 14.8. The largest absolute Gasteiger partial charge is 0.507 e. The topological polar surface area (TPSA) is 54.7 Å². The number of halogens is 1. The molecule has 1 aromatic carbocycles. The zero-order chi connectivity index (χ0) is 20.3. The summed E-state index contributed by atoms with van der Waals surface area (Å²) >= 11 is 0. The fourth-order valence-electron chi connectivity index (χ4n) is 4.00. The minimum absolute atomic E-state index is 0.0805. The predicted octanol–water partition coefficient (Wildman–Crippen LogP) is 3.47. The Morgan fingerprint density at radius 1 is 1.29 bits per heavy atom. The lowest BCUT2D eigenvalue weighted by molar-refractivity contribution is 0.152. The van der Waals surface area contributed by atoms with Gasteiger partial charge in [-0.2, -0.15) is 0 Å². The number of hydrogen-bond acceptors (Lipinski definition) is 4. The second-order valence-corrected chi connectivity index (χ2v) is 7.68. The number of hydrogen-bond donors (Lipinski definition) is 1. The van der Waals surface area contributed by atoms with Gasteiger partial charge in [0.1, 0.15) is 11.6 Å². The van der Waals surface area contributed by atoms with Gasteiger partial charge in [-0.25, -0.2) is 4.39 Å². The van der Waals surface area contributed by atoms with Crippen molar-refractivity contribution in [3.05, 3.63) is 63.3 Å². The summed E-state index contributed by atoms with van der Waals surface area (Å²) in [5.74, 6) is 0.152. The van der Waals surface area contributed by atoms with Crippen molar-refractivity contribution in [3.63, 3.8) is 0 Å². The van der Waals surface area contributed by atoms with E-state index in [2.05, 4.69) is 11.8 Å². The third-order valence-electron chi connectivity index (χ3n) is 5.70. The highest BCUT2D eigenvalue weighted by atomic mass is 19.1. The van der Waals surface area contributed by atoms with E-state index in [9.17, 15) is 14.3 Å². The van der Waals surface area contributed by atoms with Crippen molar-refractivity contribution in [2.45, 2.75) is 39.3 Å². The Balaban J connectivity index is 2.15. The number of piperidine rings is 1. The molecule has 0 unspecified atom stereocenters. The molecular weight excluding hydrogens is 359 g/mol. The number of nitrogens with zero attached hydrogens (tertiary/aromatic N) is 2. The van der Waals surface area contributed by atoms with Gasteiger partial charge in [-0.1, -0.05) is 25.1 Å². The first-order chi connectivity index (χ1) is 13.4. The van der Waals surface area contributed by atoms with Crippen molar-refractivity contribution < 1.29 is 14.2 Å². The molecule has 0 spiro atoms. The molecule has 1 aromatic heterocycles. The van der Waals surface area contributed by atoms with Crippen LogP contribution in [0.5, 0.6) is 5.75 Å². The maximum absolute atomic E-state index is 14.8. The summed E-state index contributed by atoms with van der Waals surface area (Å²) in [6.45, 7) is 6.26. The van der Waals surface area contributed by atoms with Gasteiger partial charge in [0.05, 0.1) is 18.2 Å². The third kappa shape index (κ3) is 4.13. The Kier molecular flexibility index (Phi) is 6.52. The molecule has 1 aliphatic heterocycles. The van der Waals surface area contributed by atoms with Crippen LogP contribution in [0.15, 0.2) is 35.1 Å². The summed E-state index contributed by atoms with van der Waals surface area (Å²) < 4.78 is 21.5. The van der Waals surface area contributed by atoms with Gasteiger partial charge in [0.2, 0.25) is 0 Å². The van der Waals surface area contributed by atoms with Crippen LogP contribution in [-0.2, 0) is 11.3 Å². The average molecular weight is 388 g/mol. The molecule has 0 radical (unpaired) electrons. The van der Waals surface area contributed by atoms with Crippen LogP contribution in [-0.4, -0.2) is 41.4 Å². The molecule has 3 rings (SSSR count). The van der Waals surface area contributed by atoms with E-state index in [0.717, 1.165) is 25.9 Å². The van der Waals surface area contributed by atoms with Crippen LogP contribution in [0.25, 0.3) is 0 Å². The molecule has 1 saturated heterocycles. The molecule has 1 N–H and O–H groups in total. The Bertz CT molecular complexity index is 873. The van der Waals surface area contributed by atoms with E-state index in [1.165, 1.54) is 6.07 Å². The number of aromatic nitrogens is 1. The van der Waals surface area contributed by atoms with Gasteiger partial charge in [0, 0.05) is 24.9 Å². The van der Waals surface area contributed by atoms with Gasteiger partial charge in [0.25, 0.3) is 5.56 Å². The minimum Gasteiger partial charge on any atom is -0.507 e. The second kappa shape index (κ2) is 8.88. The summed E-state index contributed by atoms with van der Waals surface area (Å²) in [5, 5.41) is 10.7. The summed E-state index contributed by atoms with van der Waals surface area (Å²) in [6.07, 6.45) is 1.96. The van der Waals surface area contributed by atoms with Crippen LogP contribution in [0.3, 0.4) is 0 Å². The number of pyridine rings is 1. The normalized spacial score (nSPS) is 17.0. The molecule has 1 atom stereocenters. The van der Waals surface area contributed by atoms with Gasteiger partial charge in [-0.3, -0.25) is 9.69 Å². The Morgan fingerprint density at radius 2 is 1.96 bits per heavy atom. The summed E-state index contributed by atoms with van der Waals surface area (Å²) in [6, 6.07) is 7.50. The smallest absolute Gasteiger partial charge is 0.259 e. The molecule has 0 aliphatic carbocycles. The molecule has 1 fully saturated rings. The van der Waals surface area contributed by atoms with Gasteiger partial charge < -0.3 is 14.4 Å². The quantitative estimate of drug-likeness (QED) is 0.823. The van der Waals surface area contributed by atoms with Crippen molar-refractivity contribution in [2.24, 2.45) is 5.92 Å². The first-order valence-electron chi connectivity index (χ1n) is 9.84. The van der Waals surface area contributed by atoms with E-state index in [1.807, 2.05) is 0 Å². The van der Waals surface area contributed by atoms with Crippen LogP contribution in [0.4, 0.5) is 4.39 Å². The minimum atomic E-state index is -0.615. The molecule has 5 nitrogen and oxygen atoms in total. The molecule has 152 valence electrons. The Labute approximate surface area is 165 Å². The number of likely N-dealkylation sites (tertiary alicyclic amines) is 1. The molecule has 6 heteroatoms. The van der Waals surface area contributed by atoms with Gasteiger partial charge in [0.15, 0.2) is 0 Å². The maximum Gasteiger partial charge on any atom is 0.259 e. The Hall–Kier alpha value is -2.18. The lowest BCUT2D eigenvalue weighted by atomic mass is 9.91. The number of rotatable bonds is 6. The van der Waals surface area contributed by atoms with Crippen LogP contribution < -0.4 is 5.56 Å². The number of aryl methyl sites for hydroxylation is 1. The first-order valence-corrected chi connectivity index (χ1v) is 9.84. The van der Waals surface area contributed by atoms with Crippen LogP contribution in [0.1, 0.15) is 42.6 Å². The summed E-state index contributed by atoms with van der Waals surface area (Å²) in [4.78, 5) is 15.5. The van der Waals surface area contributed by atoms with E-state index in [1.54, 1.807) is 42.9 Å². The molecule has 0 amide bonds. The van der Waals surface area contributed by atoms with E-state index in [4.69, 9.17) is 4.74 Å². The van der Waals surface area contributed by atoms with Gasteiger partial charge in [-0.15, -0.1) is 0 Å². The molecular formula is C22H29FN2O3. The van der Waals surface area contributed by atoms with Crippen molar-refractivity contribution in [2.75, 3.05) is 26.8 Å².